The molecule has 0 fully saturated rings. The SMILES string of the molecule is CCCCCCC[C@@H](O)C/C=C/C[Si](C)(C)C. The Labute approximate surface area is 109 Å². The highest BCUT2D eigenvalue weighted by Gasteiger charge is 2.09. The second-order valence-corrected chi connectivity index (χ2v) is 11.9. The summed E-state index contributed by atoms with van der Waals surface area (Å²) < 4.78 is 0. The lowest BCUT2D eigenvalue weighted by Gasteiger charge is -2.12. The van der Waals surface area contributed by atoms with Gasteiger partial charge in [-0.15, -0.1) is 0 Å². The van der Waals surface area contributed by atoms with Gasteiger partial charge in [-0.2, -0.15) is 0 Å². The number of hydrogen-bond acceptors (Lipinski definition) is 1. The van der Waals surface area contributed by atoms with Gasteiger partial charge in [-0.1, -0.05) is 70.8 Å². The van der Waals surface area contributed by atoms with Gasteiger partial charge >= 0.3 is 0 Å². The van der Waals surface area contributed by atoms with E-state index < -0.39 is 8.07 Å². The second kappa shape index (κ2) is 9.90. The Morgan fingerprint density at radius 3 is 2.24 bits per heavy atom. The van der Waals surface area contributed by atoms with Crippen molar-refractivity contribution in [3.63, 3.8) is 0 Å². The number of aliphatic hydroxyl groups excluding tert-OH is 1. The van der Waals surface area contributed by atoms with Gasteiger partial charge in [-0.25, -0.2) is 0 Å². The molecule has 2 heteroatoms. The van der Waals surface area contributed by atoms with E-state index in [-0.39, 0.29) is 6.10 Å². The van der Waals surface area contributed by atoms with Gasteiger partial charge in [-0.3, -0.25) is 0 Å². The van der Waals surface area contributed by atoms with E-state index in [0.29, 0.717) is 0 Å². The smallest absolute Gasteiger partial charge is 0.0574 e. The monoisotopic (exact) mass is 256 g/mol. The lowest BCUT2D eigenvalue weighted by atomic mass is 10.1. The van der Waals surface area contributed by atoms with Crippen molar-refractivity contribution in [1.29, 1.82) is 0 Å². The fraction of sp³-hybridized carbons (Fsp3) is 0.867. The fourth-order valence-electron chi connectivity index (χ4n) is 1.79. The van der Waals surface area contributed by atoms with Gasteiger partial charge in [0, 0.05) is 8.07 Å². The normalized spacial score (nSPS) is 14.4. The maximum atomic E-state index is 9.80. The standard InChI is InChI=1S/C15H32OSi/c1-5-6-7-8-9-12-15(16)13-10-11-14-17(2,3)4/h10-11,15-16H,5-9,12-14H2,1-4H3/b11-10+/t15-/m1/s1. The van der Waals surface area contributed by atoms with Crippen molar-refractivity contribution in [2.75, 3.05) is 0 Å². The molecule has 0 aliphatic rings. The molecular formula is C15H32OSi. The van der Waals surface area contributed by atoms with Gasteiger partial charge < -0.3 is 5.11 Å². The molecule has 0 saturated heterocycles. The minimum atomic E-state index is -0.938. The third-order valence-corrected chi connectivity index (χ3v) is 4.41. The molecule has 0 aromatic rings. The predicted molar refractivity (Wildman–Crippen MR) is 81.3 cm³/mol. The molecule has 102 valence electrons. The minimum absolute atomic E-state index is 0.116. The van der Waals surface area contributed by atoms with Crippen LogP contribution in [0.2, 0.25) is 25.7 Å². The number of allylic oxidation sites excluding steroid dienone is 1. The minimum Gasteiger partial charge on any atom is -0.393 e. The van der Waals surface area contributed by atoms with Crippen molar-refractivity contribution in [3.8, 4) is 0 Å². The molecule has 0 rings (SSSR count). The topological polar surface area (TPSA) is 20.2 Å². The van der Waals surface area contributed by atoms with E-state index in [1.54, 1.807) is 0 Å². The lowest BCUT2D eigenvalue weighted by molar-refractivity contribution is 0.163. The maximum Gasteiger partial charge on any atom is 0.0574 e. The van der Waals surface area contributed by atoms with Crippen LogP contribution in [-0.2, 0) is 0 Å². The highest BCUT2D eigenvalue weighted by molar-refractivity contribution is 6.76. The van der Waals surface area contributed by atoms with Crippen molar-refractivity contribution >= 4 is 8.07 Å². The molecule has 0 aliphatic carbocycles. The van der Waals surface area contributed by atoms with Gasteiger partial charge in [0.05, 0.1) is 6.10 Å². The van der Waals surface area contributed by atoms with E-state index in [0.717, 1.165) is 12.8 Å². The molecule has 0 heterocycles. The molecule has 0 saturated carbocycles. The predicted octanol–water partition coefficient (Wildman–Crippen LogP) is 4.99. The first-order valence-corrected chi connectivity index (χ1v) is 11.0. The van der Waals surface area contributed by atoms with Crippen molar-refractivity contribution in [2.45, 2.75) is 83.7 Å². The summed E-state index contributed by atoms with van der Waals surface area (Å²) in [7, 11) is -0.938. The van der Waals surface area contributed by atoms with Crippen LogP contribution >= 0.6 is 0 Å². The van der Waals surface area contributed by atoms with Gasteiger partial charge in [0.1, 0.15) is 0 Å². The van der Waals surface area contributed by atoms with Gasteiger partial charge in [-0.05, 0) is 18.9 Å². The van der Waals surface area contributed by atoms with Crippen molar-refractivity contribution in [1.82, 2.24) is 0 Å². The van der Waals surface area contributed by atoms with Gasteiger partial charge in [0.25, 0.3) is 0 Å². The maximum absolute atomic E-state index is 9.80. The molecule has 1 N–H and O–H groups in total. The Kier molecular flexibility index (Phi) is 9.85. The van der Waals surface area contributed by atoms with Gasteiger partial charge in [0.2, 0.25) is 0 Å². The summed E-state index contributed by atoms with van der Waals surface area (Å²) in [6.07, 6.45) is 12.6. The molecular weight excluding hydrogens is 224 g/mol. The Balaban J connectivity index is 3.43. The number of hydrogen-bond donors (Lipinski definition) is 1. The highest BCUT2D eigenvalue weighted by atomic mass is 28.3. The number of unbranched alkanes of at least 4 members (excludes halogenated alkanes) is 4. The molecule has 0 amide bonds. The summed E-state index contributed by atoms with van der Waals surface area (Å²) in [6.45, 7) is 9.36. The first kappa shape index (κ1) is 16.9. The summed E-state index contributed by atoms with van der Waals surface area (Å²) in [5, 5.41) is 9.80. The zero-order valence-electron chi connectivity index (χ0n) is 12.3. The van der Waals surface area contributed by atoms with Crippen LogP contribution in [0.4, 0.5) is 0 Å². The highest BCUT2D eigenvalue weighted by Crippen LogP contribution is 2.12. The van der Waals surface area contributed by atoms with Crippen LogP contribution in [-0.4, -0.2) is 19.3 Å². The summed E-state index contributed by atoms with van der Waals surface area (Å²) in [6, 6.07) is 1.23. The van der Waals surface area contributed by atoms with Crippen LogP contribution in [0.3, 0.4) is 0 Å². The average Bonchev–Trinajstić information content (AvgIpc) is 2.23. The second-order valence-electron chi connectivity index (χ2n) is 6.33. The third kappa shape index (κ3) is 13.9. The molecule has 0 bridgehead atoms. The Bertz CT molecular complexity index is 194. The first-order valence-electron chi connectivity index (χ1n) is 7.29. The molecule has 1 atom stereocenters. The average molecular weight is 257 g/mol. The summed E-state index contributed by atoms with van der Waals surface area (Å²) in [5.41, 5.74) is 0. The Morgan fingerprint density at radius 1 is 1.00 bits per heavy atom. The van der Waals surface area contributed by atoms with Crippen molar-refractivity contribution in [3.05, 3.63) is 12.2 Å². The largest absolute Gasteiger partial charge is 0.393 e. The molecule has 17 heavy (non-hydrogen) atoms. The molecule has 0 radical (unpaired) electrons. The quantitative estimate of drug-likeness (QED) is 0.331. The molecule has 0 aromatic heterocycles. The van der Waals surface area contributed by atoms with E-state index in [1.165, 1.54) is 38.1 Å². The van der Waals surface area contributed by atoms with Crippen LogP contribution in [0.15, 0.2) is 12.2 Å². The molecule has 0 unspecified atom stereocenters. The van der Waals surface area contributed by atoms with E-state index in [4.69, 9.17) is 0 Å². The van der Waals surface area contributed by atoms with Crippen molar-refractivity contribution < 1.29 is 5.11 Å². The first-order chi connectivity index (χ1) is 7.95. The van der Waals surface area contributed by atoms with Gasteiger partial charge in [0.15, 0.2) is 0 Å². The van der Waals surface area contributed by atoms with E-state index in [9.17, 15) is 5.11 Å². The van der Waals surface area contributed by atoms with E-state index in [1.807, 2.05) is 0 Å². The third-order valence-electron chi connectivity index (χ3n) is 2.95. The Hall–Kier alpha value is -0.0831. The van der Waals surface area contributed by atoms with E-state index in [2.05, 4.69) is 38.7 Å². The van der Waals surface area contributed by atoms with Crippen LogP contribution in [0.5, 0.6) is 0 Å². The van der Waals surface area contributed by atoms with Crippen LogP contribution < -0.4 is 0 Å². The van der Waals surface area contributed by atoms with Crippen molar-refractivity contribution in [2.24, 2.45) is 0 Å². The zero-order chi connectivity index (χ0) is 13.1. The summed E-state index contributed by atoms with van der Waals surface area (Å²) >= 11 is 0. The van der Waals surface area contributed by atoms with Crippen LogP contribution in [0.25, 0.3) is 0 Å². The molecule has 1 nitrogen and oxygen atoms in total. The summed E-state index contributed by atoms with van der Waals surface area (Å²) in [5.74, 6) is 0. The summed E-state index contributed by atoms with van der Waals surface area (Å²) in [4.78, 5) is 0. The molecule has 0 spiro atoms. The fourth-order valence-corrected chi connectivity index (χ4v) is 2.67. The van der Waals surface area contributed by atoms with Crippen LogP contribution in [0, 0.1) is 0 Å². The lowest BCUT2D eigenvalue weighted by Crippen LogP contribution is -2.17. The Morgan fingerprint density at radius 2 is 1.65 bits per heavy atom. The molecule has 0 aliphatic heterocycles. The van der Waals surface area contributed by atoms with E-state index >= 15 is 0 Å². The van der Waals surface area contributed by atoms with Crippen LogP contribution in [0.1, 0.15) is 51.9 Å². The number of aliphatic hydroxyl groups is 1. The number of rotatable bonds is 10. The zero-order valence-corrected chi connectivity index (χ0v) is 13.3. The molecule has 0 aromatic carbocycles.